The van der Waals surface area contributed by atoms with Crippen LogP contribution in [0, 0.1) is 0 Å². The molecule has 0 aromatic heterocycles. The molecule has 0 fully saturated rings. The van der Waals surface area contributed by atoms with E-state index in [0.717, 1.165) is 13.0 Å². The van der Waals surface area contributed by atoms with Crippen molar-refractivity contribution in [3.8, 4) is 0 Å². The standard InChI is InChI=1S/C19H43NO3Si/c1-7-9-10-11-12-13-14-15-16-17-18-20(3)19(8-2)24(21-4,22-5)23-6/h19H,7-18H2,1-6H3. The summed E-state index contributed by atoms with van der Waals surface area (Å²) in [6.07, 6.45) is 14.7. The molecule has 1 atom stereocenters. The largest absolute Gasteiger partial charge is 0.518 e. The monoisotopic (exact) mass is 361 g/mol. The fourth-order valence-electron chi connectivity index (χ4n) is 3.49. The van der Waals surface area contributed by atoms with Crippen molar-refractivity contribution in [3.63, 3.8) is 0 Å². The lowest BCUT2D eigenvalue weighted by atomic mass is 10.1. The van der Waals surface area contributed by atoms with Gasteiger partial charge in [0.2, 0.25) is 0 Å². The summed E-state index contributed by atoms with van der Waals surface area (Å²) in [4.78, 5) is 2.37. The third-order valence-corrected chi connectivity index (χ3v) is 8.42. The molecular weight excluding hydrogens is 318 g/mol. The maximum Gasteiger partial charge on any atom is 0.518 e. The molecule has 0 aromatic rings. The molecule has 0 saturated heterocycles. The van der Waals surface area contributed by atoms with Crippen LogP contribution in [0.1, 0.15) is 84.5 Å². The van der Waals surface area contributed by atoms with Crippen molar-refractivity contribution in [2.75, 3.05) is 34.9 Å². The zero-order valence-electron chi connectivity index (χ0n) is 17.2. The summed E-state index contributed by atoms with van der Waals surface area (Å²) in [6.45, 7) is 5.54. The lowest BCUT2D eigenvalue weighted by Gasteiger charge is -2.37. The lowest BCUT2D eigenvalue weighted by molar-refractivity contribution is 0.0796. The average molecular weight is 362 g/mol. The van der Waals surface area contributed by atoms with Gasteiger partial charge in [0.25, 0.3) is 0 Å². The lowest BCUT2D eigenvalue weighted by Crippen LogP contribution is -2.60. The molecule has 0 amide bonds. The minimum absolute atomic E-state index is 0.232. The number of hydrogen-bond acceptors (Lipinski definition) is 4. The van der Waals surface area contributed by atoms with Gasteiger partial charge in [-0.25, -0.2) is 0 Å². The van der Waals surface area contributed by atoms with Crippen molar-refractivity contribution < 1.29 is 13.3 Å². The van der Waals surface area contributed by atoms with E-state index < -0.39 is 8.80 Å². The van der Waals surface area contributed by atoms with Gasteiger partial charge in [-0.2, -0.15) is 0 Å². The minimum atomic E-state index is -2.58. The van der Waals surface area contributed by atoms with Crippen LogP contribution in [-0.4, -0.2) is 54.3 Å². The Morgan fingerprint density at radius 1 is 0.708 bits per heavy atom. The van der Waals surface area contributed by atoms with Crippen molar-refractivity contribution in [1.82, 2.24) is 4.90 Å². The van der Waals surface area contributed by atoms with Crippen LogP contribution in [-0.2, 0) is 13.3 Å². The van der Waals surface area contributed by atoms with Crippen LogP contribution in [0.3, 0.4) is 0 Å². The molecule has 0 saturated carbocycles. The summed E-state index contributed by atoms with van der Waals surface area (Å²) < 4.78 is 17.0. The molecule has 0 rings (SSSR count). The summed E-state index contributed by atoms with van der Waals surface area (Å²) >= 11 is 0. The van der Waals surface area contributed by atoms with Gasteiger partial charge in [-0.05, 0) is 26.4 Å². The second-order valence-corrected chi connectivity index (χ2v) is 9.90. The van der Waals surface area contributed by atoms with E-state index >= 15 is 0 Å². The molecule has 1 unspecified atom stereocenters. The highest BCUT2D eigenvalue weighted by molar-refractivity contribution is 6.62. The Kier molecular flexibility index (Phi) is 15.4. The highest BCUT2D eigenvalue weighted by atomic mass is 28.4. The first-order valence-corrected chi connectivity index (χ1v) is 11.8. The SMILES string of the molecule is CCCCCCCCCCCCN(C)C(CC)[Si](OC)(OC)OC. The van der Waals surface area contributed by atoms with Gasteiger partial charge in [0.05, 0.1) is 5.67 Å². The predicted molar refractivity (Wildman–Crippen MR) is 105 cm³/mol. The third-order valence-electron chi connectivity index (χ3n) is 5.04. The van der Waals surface area contributed by atoms with Crippen LogP contribution in [0.4, 0.5) is 0 Å². The molecule has 146 valence electrons. The highest BCUT2D eigenvalue weighted by Gasteiger charge is 2.48. The van der Waals surface area contributed by atoms with E-state index in [9.17, 15) is 0 Å². The predicted octanol–water partition coefficient (Wildman–Crippen LogP) is 5.04. The van der Waals surface area contributed by atoms with E-state index in [1.807, 2.05) is 0 Å². The molecule has 0 aromatic carbocycles. The summed E-state index contributed by atoms with van der Waals surface area (Å²) in [6, 6.07) is 0. The normalized spacial score (nSPS) is 13.6. The Labute approximate surface area is 152 Å². The van der Waals surface area contributed by atoms with Crippen LogP contribution in [0.15, 0.2) is 0 Å². The number of rotatable bonds is 17. The van der Waals surface area contributed by atoms with Crippen molar-refractivity contribution in [1.29, 1.82) is 0 Å². The van der Waals surface area contributed by atoms with E-state index in [-0.39, 0.29) is 5.67 Å². The van der Waals surface area contributed by atoms with Crippen LogP contribution in [0.25, 0.3) is 0 Å². The Hall–Kier alpha value is 0.0569. The molecule has 24 heavy (non-hydrogen) atoms. The van der Waals surface area contributed by atoms with E-state index in [1.54, 1.807) is 21.3 Å². The van der Waals surface area contributed by atoms with Crippen molar-refractivity contribution in [3.05, 3.63) is 0 Å². The molecule has 0 spiro atoms. The van der Waals surface area contributed by atoms with Crippen LogP contribution >= 0.6 is 0 Å². The van der Waals surface area contributed by atoms with E-state index in [2.05, 4.69) is 25.8 Å². The first kappa shape index (κ1) is 24.1. The first-order chi connectivity index (χ1) is 11.6. The van der Waals surface area contributed by atoms with Crippen LogP contribution in [0.2, 0.25) is 0 Å². The summed E-state index contributed by atoms with van der Waals surface area (Å²) in [7, 11) is 4.70. The fourth-order valence-corrected chi connectivity index (χ4v) is 5.98. The molecule has 0 radical (unpaired) electrons. The van der Waals surface area contributed by atoms with Gasteiger partial charge >= 0.3 is 8.80 Å². The number of hydrogen-bond donors (Lipinski definition) is 0. The number of nitrogens with zero attached hydrogens (tertiary/aromatic N) is 1. The van der Waals surface area contributed by atoms with Crippen LogP contribution < -0.4 is 0 Å². The third kappa shape index (κ3) is 8.95. The molecule has 5 heteroatoms. The van der Waals surface area contributed by atoms with Gasteiger partial charge in [-0.15, -0.1) is 0 Å². The zero-order valence-corrected chi connectivity index (χ0v) is 18.2. The molecule has 0 aliphatic heterocycles. The Bertz CT molecular complexity index is 267. The van der Waals surface area contributed by atoms with E-state index in [4.69, 9.17) is 13.3 Å². The second kappa shape index (κ2) is 15.3. The van der Waals surface area contributed by atoms with Gasteiger partial charge in [-0.3, -0.25) is 4.90 Å². The van der Waals surface area contributed by atoms with Crippen molar-refractivity contribution in [2.24, 2.45) is 0 Å². The molecule has 0 aliphatic carbocycles. The molecule has 4 nitrogen and oxygen atoms in total. The van der Waals surface area contributed by atoms with Gasteiger partial charge in [0.1, 0.15) is 0 Å². The Balaban J connectivity index is 3.88. The van der Waals surface area contributed by atoms with E-state index in [1.165, 1.54) is 64.2 Å². The maximum absolute atomic E-state index is 5.66. The van der Waals surface area contributed by atoms with Gasteiger partial charge < -0.3 is 13.3 Å². The Morgan fingerprint density at radius 3 is 1.50 bits per heavy atom. The molecule has 0 N–H and O–H groups in total. The summed E-state index contributed by atoms with van der Waals surface area (Å²) in [5.74, 6) is 0. The van der Waals surface area contributed by atoms with Gasteiger partial charge in [-0.1, -0.05) is 71.6 Å². The highest BCUT2D eigenvalue weighted by Crippen LogP contribution is 2.20. The zero-order chi connectivity index (χ0) is 18.3. The minimum Gasteiger partial charge on any atom is -0.376 e. The maximum atomic E-state index is 5.66. The van der Waals surface area contributed by atoms with E-state index in [0.29, 0.717) is 0 Å². The Morgan fingerprint density at radius 2 is 1.12 bits per heavy atom. The number of unbranched alkanes of at least 4 members (excludes halogenated alkanes) is 9. The average Bonchev–Trinajstić information content (AvgIpc) is 2.61. The van der Waals surface area contributed by atoms with Gasteiger partial charge in [0.15, 0.2) is 0 Å². The summed E-state index contributed by atoms with van der Waals surface area (Å²) in [5, 5.41) is 0. The first-order valence-electron chi connectivity index (χ1n) is 9.97. The summed E-state index contributed by atoms with van der Waals surface area (Å²) in [5.41, 5.74) is 0.232. The van der Waals surface area contributed by atoms with Crippen molar-refractivity contribution in [2.45, 2.75) is 90.1 Å². The molecule has 0 bridgehead atoms. The quantitative estimate of drug-likeness (QED) is 0.268. The second-order valence-electron chi connectivity index (χ2n) is 6.80. The van der Waals surface area contributed by atoms with Gasteiger partial charge in [0, 0.05) is 21.3 Å². The fraction of sp³-hybridized carbons (Fsp3) is 1.00. The van der Waals surface area contributed by atoms with Crippen molar-refractivity contribution >= 4 is 8.80 Å². The van der Waals surface area contributed by atoms with Crippen LogP contribution in [0.5, 0.6) is 0 Å². The molecular formula is C19H43NO3Si. The smallest absolute Gasteiger partial charge is 0.376 e. The topological polar surface area (TPSA) is 30.9 Å². The molecule has 0 heterocycles. The molecule has 0 aliphatic rings.